The van der Waals surface area contributed by atoms with Crippen LogP contribution >= 0.6 is 12.4 Å². The molecule has 1 rings (SSSR count). The summed E-state index contributed by atoms with van der Waals surface area (Å²) in [7, 11) is 0. The van der Waals surface area contributed by atoms with Gasteiger partial charge in [0.25, 0.3) is 0 Å². The van der Waals surface area contributed by atoms with Crippen LogP contribution in [0, 0.1) is 0 Å². The molecule has 0 bridgehead atoms. The molecular weight excluding hydrogens is 311 g/mol. The van der Waals surface area contributed by atoms with Crippen molar-refractivity contribution in [2.24, 2.45) is 5.73 Å². The van der Waals surface area contributed by atoms with Crippen molar-refractivity contribution in [1.29, 1.82) is 0 Å². The maximum atomic E-state index is 11.8. The summed E-state index contributed by atoms with van der Waals surface area (Å²) in [6.07, 6.45) is -3.71. The second-order valence-corrected chi connectivity index (χ2v) is 4.98. The number of carbonyl (C=O) groups excluding carboxylic acids is 1. The molecule has 1 aliphatic rings. The van der Waals surface area contributed by atoms with Gasteiger partial charge >= 0.3 is 6.18 Å². The average Bonchev–Trinajstić information content (AvgIpc) is 2.37. The van der Waals surface area contributed by atoms with Crippen molar-refractivity contribution in [1.82, 2.24) is 9.80 Å². The lowest BCUT2D eigenvalue weighted by atomic mass is 10.2. The van der Waals surface area contributed by atoms with Crippen LogP contribution in [0.15, 0.2) is 0 Å². The minimum absolute atomic E-state index is 0. The Hall–Kier alpha value is -0.570. The van der Waals surface area contributed by atoms with Gasteiger partial charge < -0.3 is 15.4 Å². The molecule has 0 aromatic carbocycles. The fourth-order valence-electron chi connectivity index (χ4n) is 2.06. The Morgan fingerprint density at radius 2 is 1.86 bits per heavy atom. The molecule has 126 valence electrons. The molecule has 1 amide bonds. The summed E-state index contributed by atoms with van der Waals surface area (Å²) in [6.45, 7) is 3.91. The molecule has 5 nitrogen and oxygen atoms in total. The van der Waals surface area contributed by atoms with Gasteiger partial charge in [0.15, 0.2) is 0 Å². The van der Waals surface area contributed by atoms with Gasteiger partial charge in [-0.3, -0.25) is 9.69 Å². The van der Waals surface area contributed by atoms with Crippen LogP contribution < -0.4 is 5.73 Å². The number of ether oxygens (including phenoxy) is 1. The van der Waals surface area contributed by atoms with E-state index in [4.69, 9.17) is 5.73 Å². The fraction of sp³-hybridized carbons (Fsp3) is 0.917. The largest absolute Gasteiger partial charge is 0.411 e. The van der Waals surface area contributed by atoms with Crippen LogP contribution in [0.4, 0.5) is 13.2 Å². The molecule has 0 unspecified atom stereocenters. The van der Waals surface area contributed by atoms with Crippen LogP contribution in [-0.2, 0) is 9.53 Å². The van der Waals surface area contributed by atoms with E-state index >= 15 is 0 Å². The van der Waals surface area contributed by atoms with Gasteiger partial charge in [0.2, 0.25) is 5.91 Å². The molecule has 2 N–H and O–H groups in total. The Bertz CT molecular complexity index is 309. The minimum atomic E-state index is -4.26. The highest BCUT2D eigenvalue weighted by Gasteiger charge is 2.27. The van der Waals surface area contributed by atoms with Gasteiger partial charge in [0.1, 0.15) is 6.61 Å². The predicted octanol–water partition coefficient (Wildman–Crippen LogP) is 0.869. The first-order valence-electron chi connectivity index (χ1n) is 6.71. The zero-order chi connectivity index (χ0) is 15.2. The molecule has 0 spiro atoms. The summed E-state index contributed by atoms with van der Waals surface area (Å²) < 4.78 is 40.1. The van der Waals surface area contributed by atoms with E-state index in [0.29, 0.717) is 26.1 Å². The van der Waals surface area contributed by atoms with Crippen molar-refractivity contribution in [3.8, 4) is 0 Å². The number of nitrogens with zero attached hydrogens (tertiary/aromatic N) is 2. The molecular formula is C12H23ClF3N3O2. The number of nitrogens with two attached hydrogens (primary N) is 1. The van der Waals surface area contributed by atoms with Gasteiger partial charge in [-0.05, 0) is 13.3 Å². The van der Waals surface area contributed by atoms with Crippen molar-refractivity contribution in [2.45, 2.75) is 25.6 Å². The Labute approximate surface area is 129 Å². The number of rotatable bonds is 6. The summed E-state index contributed by atoms with van der Waals surface area (Å²) in [5, 5.41) is 0. The summed E-state index contributed by atoms with van der Waals surface area (Å²) in [4.78, 5) is 15.5. The molecule has 0 radical (unpaired) electrons. The summed E-state index contributed by atoms with van der Waals surface area (Å²) >= 11 is 0. The zero-order valence-corrected chi connectivity index (χ0v) is 12.9. The molecule has 1 aliphatic heterocycles. The summed E-state index contributed by atoms with van der Waals surface area (Å²) in [5.41, 5.74) is 5.54. The summed E-state index contributed by atoms with van der Waals surface area (Å²) in [5.74, 6) is -0.0573. The van der Waals surface area contributed by atoms with Gasteiger partial charge in [-0.15, -0.1) is 12.4 Å². The molecule has 1 atom stereocenters. The monoisotopic (exact) mass is 333 g/mol. The number of hydrogen-bond donors (Lipinski definition) is 1. The second-order valence-electron chi connectivity index (χ2n) is 4.98. The van der Waals surface area contributed by atoms with Gasteiger partial charge in [-0.25, -0.2) is 0 Å². The highest BCUT2D eigenvalue weighted by molar-refractivity contribution is 5.85. The van der Waals surface area contributed by atoms with Crippen LogP contribution in [0.25, 0.3) is 0 Å². The molecule has 0 aliphatic carbocycles. The smallest absolute Gasteiger partial charge is 0.372 e. The first-order valence-corrected chi connectivity index (χ1v) is 6.71. The van der Waals surface area contributed by atoms with Crippen LogP contribution in [0.3, 0.4) is 0 Å². The summed E-state index contributed by atoms with van der Waals surface area (Å²) in [6, 6.07) is -0.489. The second kappa shape index (κ2) is 9.45. The standard InChI is InChI=1S/C12H22F3N3O2.ClH/c1-10(16)11(19)18-6-4-17(5-7-18)3-2-8-20-9-12(13,14)15;/h10H,2-9,16H2,1H3;1H/t10-;/m0./s1. The molecule has 0 aromatic heterocycles. The molecule has 9 heteroatoms. The van der Waals surface area contributed by atoms with Crippen LogP contribution in [0.2, 0.25) is 0 Å². The third kappa shape index (κ3) is 8.45. The van der Waals surface area contributed by atoms with E-state index in [0.717, 1.165) is 13.1 Å². The molecule has 21 heavy (non-hydrogen) atoms. The van der Waals surface area contributed by atoms with Gasteiger partial charge in [0, 0.05) is 39.3 Å². The predicted molar refractivity (Wildman–Crippen MR) is 75.4 cm³/mol. The number of carbonyl (C=O) groups is 1. The van der Waals surface area contributed by atoms with E-state index < -0.39 is 18.8 Å². The fourth-order valence-corrected chi connectivity index (χ4v) is 2.06. The van der Waals surface area contributed by atoms with E-state index in [1.165, 1.54) is 0 Å². The Morgan fingerprint density at radius 1 is 1.29 bits per heavy atom. The zero-order valence-electron chi connectivity index (χ0n) is 12.1. The SMILES string of the molecule is C[C@H](N)C(=O)N1CCN(CCCOCC(F)(F)F)CC1.Cl. The van der Waals surface area contributed by atoms with Gasteiger partial charge in [0.05, 0.1) is 6.04 Å². The van der Waals surface area contributed by atoms with Gasteiger partial charge in [-0.1, -0.05) is 0 Å². The quantitative estimate of drug-likeness (QED) is 0.733. The van der Waals surface area contributed by atoms with Crippen molar-refractivity contribution in [3.63, 3.8) is 0 Å². The van der Waals surface area contributed by atoms with Crippen molar-refractivity contribution in [2.75, 3.05) is 45.9 Å². The Morgan fingerprint density at radius 3 is 2.33 bits per heavy atom. The maximum Gasteiger partial charge on any atom is 0.411 e. The number of amides is 1. The van der Waals surface area contributed by atoms with Crippen LogP contribution in [0.1, 0.15) is 13.3 Å². The number of piperazine rings is 1. The van der Waals surface area contributed by atoms with E-state index in [1.54, 1.807) is 11.8 Å². The topological polar surface area (TPSA) is 58.8 Å². The number of hydrogen-bond acceptors (Lipinski definition) is 4. The maximum absolute atomic E-state index is 11.8. The Kier molecular flexibility index (Phi) is 9.19. The lowest BCUT2D eigenvalue weighted by Crippen LogP contribution is -2.52. The molecule has 1 fully saturated rings. The van der Waals surface area contributed by atoms with Crippen molar-refractivity contribution in [3.05, 3.63) is 0 Å². The van der Waals surface area contributed by atoms with E-state index in [-0.39, 0.29) is 24.9 Å². The first-order chi connectivity index (χ1) is 9.29. The molecule has 0 saturated carbocycles. The third-order valence-corrected chi connectivity index (χ3v) is 3.10. The Balaban J connectivity index is 0.00000400. The lowest BCUT2D eigenvalue weighted by Gasteiger charge is -2.35. The van der Waals surface area contributed by atoms with Gasteiger partial charge in [-0.2, -0.15) is 13.2 Å². The van der Waals surface area contributed by atoms with Crippen molar-refractivity contribution >= 4 is 18.3 Å². The lowest BCUT2D eigenvalue weighted by molar-refractivity contribution is -0.174. The highest BCUT2D eigenvalue weighted by atomic mass is 35.5. The van der Waals surface area contributed by atoms with E-state index in [2.05, 4.69) is 9.64 Å². The number of alkyl halides is 3. The van der Waals surface area contributed by atoms with Crippen LogP contribution in [0.5, 0.6) is 0 Å². The van der Waals surface area contributed by atoms with E-state index in [9.17, 15) is 18.0 Å². The van der Waals surface area contributed by atoms with Crippen LogP contribution in [-0.4, -0.2) is 73.9 Å². The average molecular weight is 334 g/mol. The molecule has 1 heterocycles. The third-order valence-electron chi connectivity index (χ3n) is 3.10. The van der Waals surface area contributed by atoms with Crippen molar-refractivity contribution < 1.29 is 22.7 Å². The normalized spacial score (nSPS) is 18.2. The first kappa shape index (κ1) is 20.4. The molecule has 1 saturated heterocycles. The number of halogens is 4. The highest BCUT2D eigenvalue weighted by Crippen LogP contribution is 2.14. The molecule has 0 aromatic rings. The minimum Gasteiger partial charge on any atom is -0.372 e. The van der Waals surface area contributed by atoms with E-state index in [1.807, 2.05) is 0 Å².